The molecule has 1 aromatic heterocycles. The lowest BCUT2D eigenvalue weighted by Gasteiger charge is -2.21. The van der Waals surface area contributed by atoms with Crippen LogP contribution in [0.4, 0.5) is 5.82 Å². The number of carbonyl (C=O) groups is 2. The van der Waals surface area contributed by atoms with E-state index < -0.39 is 5.91 Å². The quantitative estimate of drug-likeness (QED) is 0.300. The number of nitrogens with one attached hydrogen (secondary N) is 2. The van der Waals surface area contributed by atoms with Crippen LogP contribution in [-0.2, 0) is 9.53 Å². The summed E-state index contributed by atoms with van der Waals surface area (Å²) in [5.41, 5.74) is 8.38. The van der Waals surface area contributed by atoms with Crippen molar-refractivity contribution in [1.82, 2.24) is 14.9 Å². The van der Waals surface area contributed by atoms with Gasteiger partial charge in [0.1, 0.15) is 17.2 Å². The Labute approximate surface area is 205 Å². The maximum atomic E-state index is 11.9. The summed E-state index contributed by atoms with van der Waals surface area (Å²) in [6.07, 6.45) is 10.5. The highest BCUT2D eigenvalue weighted by atomic mass is 16.5. The number of carbonyl (C=O) groups excluding carboxylic acids is 2. The van der Waals surface area contributed by atoms with Gasteiger partial charge in [-0.2, -0.15) is 0 Å². The van der Waals surface area contributed by atoms with E-state index in [0.29, 0.717) is 50.1 Å². The molecule has 9 nitrogen and oxygen atoms in total. The molecule has 2 amide bonds. The lowest BCUT2D eigenvalue weighted by atomic mass is 10.1. The molecular formula is C26H31N5O4. The van der Waals surface area contributed by atoms with Gasteiger partial charge < -0.3 is 30.4 Å². The summed E-state index contributed by atoms with van der Waals surface area (Å²) < 4.78 is 11.5. The number of ether oxygens (including phenoxy) is 2. The predicted molar refractivity (Wildman–Crippen MR) is 135 cm³/mol. The average molecular weight is 478 g/mol. The number of nitrogens with zero attached hydrogens (tertiary/aromatic N) is 2. The van der Waals surface area contributed by atoms with Gasteiger partial charge in [-0.25, -0.2) is 4.98 Å². The molecular weight excluding hydrogens is 446 g/mol. The molecule has 0 fully saturated rings. The van der Waals surface area contributed by atoms with Crippen molar-refractivity contribution in [3.05, 3.63) is 89.3 Å². The molecule has 1 aromatic carbocycles. The minimum absolute atomic E-state index is 0.235. The number of hydrogen-bond acceptors (Lipinski definition) is 6. The Bertz CT molecular complexity index is 1130. The maximum Gasteiger partial charge on any atom is 0.269 e. The number of allylic oxidation sites excluding steroid dienone is 5. The van der Waals surface area contributed by atoms with E-state index in [1.807, 2.05) is 68.5 Å². The van der Waals surface area contributed by atoms with Crippen molar-refractivity contribution in [3.8, 4) is 5.75 Å². The number of aromatic nitrogens is 2. The fourth-order valence-electron chi connectivity index (χ4n) is 3.47. The molecule has 3 rings (SSSR count). The number of amides is 2. The molecule has 0 bridgehead atoms. The number of hydrogen-bond donors (Lipinski definition) is 3. The van der Waals surface area contributed by atoms with Crippen LogP contribution < -0.4 is 15.8 Å². The van der Waals surface area contributed by atoms with Gasteiger partial charge in [0, 0.05) is 37.9 Å². The summed E-state index contributed by atoms with van der Waals surface area (Å²) in [5.74, 6) is 1.15. The molecule has 0 aliphatic heterocycles. The third-order valence-corrected chi connectivity index (χ3v) is 5.16. The Morgan fingerprint density at radius 1 is 1.29 bits per heavy atom. The minimum Gasteiger partial charge on any atom is -0.457 e. The second-order valence-electron chi connectivity index (χ2n) is 7.87. The van der Waals surface area contributed by atoms with Crippen LogP contribution in [0.5, 0.6) is 5.75 Å². The predicted octanol–water partition coefficient (Wildman–Crippen LogP) is 3.54. The van der Waals surface area contributed by atoms with Gasteiger partial charge in [0.05, 0.1) is 12.9 Å². The largest absolute Gasteiger partial charge is 0.457 e. The van der Waals surface area contributed by atoms with Crippen LogP contribution in [0.2, 0.25) is 0 Å². The Balaban J connectivity index is 1.80. The second-order valence-corrected chi connectivity index (χ2v) is 7.87. The van der Waals surface area contributed by atoms with E-state index in [0.717, 1.165) is 23.3 Å². The zero-order chi connectivity index (χ0) is 25.0. The Morgan fingerprint density at radius 3 is 2.80 bits per heavy atom. The zero-order valence-corrected chi connectivity index (χ0v) is 20.0. The fourth-order valence-corrected chi connectivity index (χ4v) is 3.47. The summed E-state index contributed by atoms with van der Waals surface area (Å²) in [7, 11) is 0. The van der Waals surface area contributed by atoms with Crippen LogP contribution >= 0.6 is 0 Å². The standard InChI is InChI=1S/C26H31N5O4/c1-3-34-12-11-31(18-32)21-14-20(9-10-23(15-21)35-22-7-5-4-6-8-22)13-19(2)16-28-26-24(25(27)33)29-17-30-26/h4-10,13,15,17-18,28H,3,11-12,14,16H2,1-2H3,(H2,27,33)(H,29,30)/b19-13+. The normalized spacial score (nSPS) is 13.8. The first kappa shape index (κ1) is 25.5. The molecule has 2 aromatic rings. The van der Waals surface area contributed by atoms with Crippen molar-refractivity contribution in [1.29, 1.82) is 0 Å². The summed E-state index contributed by atoms with van der Waals surface area (Å²) in [4.78, 5) is 31.9. The molecule has 0 saturated carbocycles. The summed E-state index contributed by atoms with van der Waals surface area (Å²) in [6, 6.07) is 9.48. The van der Waals surface area contributed by atoms with Crippen molar-refractivity contribution in [2.75, 3.05) is 31.6 Å². The van der Waals surface area contributed by atoms with Gasteiger partial charge in [-0.3, -0.25) is 9.59 Å². The van der Waals surface area contributed by atoms with E-state index >= 15 is 0 Å². The SMILES string of the molecule is CCOCCN(C=O)C1=CC(Oc2ccccc2)=CC=C(/C=C(\C)CNc2nc[nH]c2C(N)=O)C1. The van der Waals surface area contributed by atoms with Gasteiger partial charge in [0.15, 0.2) is 5.82 Å². The molecule has 1 heterocycles. The van der Waals surface area contributed by atoms with Crippen LogP contribution in [0.1, 0.15) is 30.8 Å². The number of primary amides is 1. The first-order valence-electron chi connectivity index (χ1n) is 11.4. The van der Waals surface area contributed by atoms with Gasteiger partial charge in [0.2, 0.25) is 6.41 Å². The molecule has 0 radical (unpaired) electrons. The molecule has 4 N–H and O–H groups in total. The maximum absolute atomic E-state index is 11.9. The number of H-pyrrole nitrogens is 1. The molecule has 1 aliphatic carbocycles. The molecule has 0 saturated heterocycles. The van der Waals surface area contributed by atoms with E-state index in [2.05, 4.69) is 15.3 Å². The third kappa shape index (κ3) is 7.72. The molecule has 184 valence electrons. The number of para-hydroxylation sites is 1. The van der Waals surface area contributed by atoms with Gasteiger partial charge >= 0.3 is 0 Å². The van der Waals surface area contributed by atoms with Crippen LogP contribution in [0.3, 0.4) is 0 Å². The van der Waals surface area contributed by atoms with Crippen LogP contribution in [0, 0.1) is 0 Å². The van der Waals surface area contributed by atoms with E-state index in [1.54, 1.807) is 4.90 Å². The van der Waals surface area contributed by atoms with Crippen molar-refractivity contribution in [3.63, 3.8) is 0 Å². The summed E-state index contributed by atoms with van der Waals surface area (Å²) in [6.45, 7) is 5.81. The molecule has 0 spiro atoms. The highest BCUT2D eigenvalue weighted by Crippen LogP contribution is 2.24. The number of benzene rings is 1. The van der Waals surface area contributed by atoms with E-state index in [4.69, 9.17) is 15.2 Å². The lowest BCUT2D eigenvalue weighted by molar-refractivity contribution is -0.117. The van der Waals surface area contributed by atoms with Gasteiger partial charge in [-0.05, 0) is 37.6 Å². The van der Waals surface area contributed by atoms with Crippen molar-refractivity contribution in [2.24, 2.45) is 5.73 Å². The van der Waals surface area contributed by atoms with Crippen molar-refractivity contribution < 1.29 is 19.1 Å². The van der Waals surface area contributed by atoms with Gasteiger partial charge in [-0.1, -0.05) is 35.9 Å². The Kier molecular flexibility index (Phi) is 9.44. The topological polar surface area (TPSA) is 123 Å². The number of rotatable bonds is 13. The number of nitrogens with two attached hydrogens (primary N) is 1. The van der Waals surface area contributed by atoms with Crippen LogP contribution in [0.25, 0.3) is 0 Å². The summed E-state index contributed by atoms with van der Waals surface area (Å²) >= 11 is 0. The summed E-state index contributed by atoms with van der Waals surface area (Å²) in [5, 5.41) is 3.12. The van der Waals surface area contributed by atoms with Crippen molar-refractivity contribution in [2.45, 2.75) is 20.3 Å². The average Bonchev–Trinajstić information content (AvgIpc) is 3.25. The molecule has 9 heteroatoms. The minimum atomic E-state index is -0.579. The van der Waals surface area contributed by atoms with Crippen LogP contribution in [-0.4, -0.2) is 53.5 Å². The smallest absolute Gasteiger partial charge is 0.269 e. The van der Waals surface area contributed by atoms with Crippen molar-refractivity contribution >= 4 is 18.1 Å². The van der Waals surface area contributed by atoms with E-state index in [9.17, 15) is 9.59 Å². The van der Waals surface area contributed by atoms with Gasteiger partial charge in [0.25, 0.3) is 5.91 Å². The third-order valence-electron chi connectivity index (χ3n) is 5.16. The number of aromatic amines is 1. The highest BCUT2D eigenvalue weighted by molar-refractivity contribution is 5.95. The van der Waals surface area contributed by atoms with E-state index in [-0.39, 0.29) is 5.69 Å². The number of anilines is 1. The van der Waals surface area contributed by atoms with Crippen LogP contribution in [0.15, 0.2) is 83.6 Å². The van der Waals surface area contributed by atoms with Gasteiger partial charge in [-0.15, -0.1) is 0 Å². The molecule has 0 unspecified atom stereocenters. The molecule has 35 heavy (non-hydrogen) atoms. The molecule has 0 atom stereocenters. The lowest BCUT2D eigenvalue weighted by Crippen LogP contribution is -2.26. The van der Waals surface area contributed by atoms with E-state index in [1.165, 1.54) is 6.33 Å². The fraction of sp³-hybridized carbons (Fsp3) is 0.269. The zero-order valence-electron chi connectivity index (χ0n) is 20.0. The Morgan fingerprint density at radius 2 is 2.09 bits per heavy atom. The monoisotopic (exact) mass is 477 g/mol. The first-order valence-corrected chi connectivity index (χ1v) is 11.4. The first-order chi connectivity index (χ1) is 17.0. The highest BCUT2D eigenvalue weighted by Gasteiger charge is 2.15. The second kappa shape index (κ2) is 13.0. The Hall–Kier alpha value is -4.11. The number of imidazole rings is 1. The molecule has 1 aliphatic rings.